The van der Waals surface area contributed by atoms with Crippen molar-refractivity contribution in [2.24, 2.45) is 5.73 Å². The zero-order chi connectivity index (χ0) is 9.03. The molecule has 0 spiro atoms. The summed E-state index contributed by atoms with van der Waals surface area (Å²) < 4.78 is 5.34. The Labute approximate surface area is 77.3 Å². The first-order chi connectivity index (χ1) is 5.70. The summed E-state index contributed by atoms with van der Waals surface area (Å²) in [6, 6.07) is 2.11. The first-order valence-corrected chi connectivity index (χ1v) is 4.91. The Bertz CT molecular complexity index is 216. The molecule has 68 valence electrons. The van der Waals surface area contributed by atoms with Crippen LogP contribution in [0.3, 0.4) is 0 Å². The van der Waals surface area contributed by atoms with E-state index in [2.05, 4.69) is 16.8 Å². The summed E-state index contributed by atoms with van der Waals surface area (Å²) in [4.78, 5) is 0. The number of ether oxygens (including phenoxy) is 1. The van der Waals surface area contributed by atoms with Crippen molar-refractivity contribution in [2.45, 2.75) is 18.9 Å². The number of methoxy groups -OCH3 is 1. The van der Waals surface area contributed by atoms with Gasteiger partial charge in [-0.3, -0.25) is 0 Å². The maximum absolute atomic E-state index is 5.61. The summed E-state index contributed by atoms with van der Waals surface area (Å²) in [5.74, 6) is 0. The molecule has 0 fully saturated rings. The van der Waals surface area contributed by atoms with E-state index in [9.17, 15) is 0 Å². The van der Waals surface area contributed by atoms with Crippen molar-refractivity contribution in [1.82, 2.24) is 0 Å². The van der Waals surface area contributed by atoms with Gasteiger partial charge in [0.05, 0.1) is 5.60 Å². The third kappa shape index (κ3) is 2.30. The van der Waals surface area contributed by atoms with Crippen LogP contribution in [0.15, 0.2) is 16.8 Å². The molecule has 0 saturated carbocycles. The van der Waals surface area contributed by atoms with Gasteiger partial charge in [0.1, 0.15) is 0 Å². The van der Waals surface area contributed by atoms with Crippen LogP contribution < -0.4 is 5.73 Å². The van der Waals surface area contributed by atoms with Gasteiger partial charge in [0.25, 0.3) is 0 Å². The number of nitrogens with two attached hydrogens (primary N) is 1. The summed E-state index contributed by atoms with van der Waals surface area (Å²) in [6.45, 7) is 2.59. The van der Waals surface area contributed by atoms with Gasteiger partial charge in [-0.05, 0) is 29.3 Å². The van der Waals surface area contributed by atoms with Crippen molar-refractivity contribution in [3.8, 4) is 0 Å². The molecule has 1 atom stereocenters. The molecule has 1 heterocycles. The van der Waals surface area contributed by atoms with Gasteiger partial charge >= 0.3 is 0 Å². The van der Waals surface area contributed by atoms with Gasteiger partial charge in [-0.25, -0.2) is 0 Å². The maximum atomic E-state index is 5.61. The quantitative estimate of drug-likeness (QED) is 0.774. The zero-order valence-electron chi connectivity index (χ0n) is 7.54. The van der Waals surface area contributed by atoms with E-state index in [0.717, 1.165) is 6.42 Å². The molecule has 12 heavy (non-hydrogen) atoms. The number of hydrogen-bond acceptors (Lipinski definition) is 3. The molecule has 0 aromatic carbocycles. The molecule has 1 rings (SSSR count). The average molecular weight is 185 g/mol. The predicted molar refractivity (Wildman–Crippen MR) is 52.5 cm³/mol. The topological polar surface area (TPSA) is 35.2 Å². The van der Waals surface area contributed by atoms with E-state index < -0.39 is 0 Å². The fourth-order valence-corrected chi connectivity index (χ4v) is 1.72. The van der Waals surface area contributed by atoms with E-state index in [-0.39, 0.29) is 5.60 Å². The van der Waals surface area contributed by atoms with E-state index in [1.165, 1.54) is 5.56 Å². The molecule has 3 heteroatoms. The third-order valence-corrected chi connectivity index (χ3v) is 2.81. The van der Waals surface area contributed by atoms with Crippen LogP contribution in [0.5, 0.6) is 0 Å². The summed E-state index contributed by atoms with van der Waals surface area (Å²) in [7, 11) is 1.71. The molecule has 0 aliphatic heterocycles. The van der Waals surface area contributed by atoms with E-state index in [0.29, 0.717) is 6.54 Å². The van der Waals surface area contributed by atoms with E-state index in [4.69, 9.17) is 10.5 Å². The van der Waals surface area contributed by atoms with Crippen LogP contribution in [0.2, 0.25) is 0 Å². The molecule has 0 amide bonds. The second kappa shape index (κ2) is 4.03. The minimum absolute atomic E-state index is 0.207. The molecule has 1 aromatic heterocycles. The molecule has 2 nitrogen and oxygen atoms in total. The smallest absolute Gasteiger partial charge is 0.0812 e. The lowest BCUT2D eigenvalue weighted by atomic mass is 9.98. The van der Waals surface area contributed by atoms with Gasteiger partial charge in [-0.1, -0.05) is 0 Å². The first kappa shape index (κ1) is 9.71. The largest absolute Gasteiger partial charge is 0.377 e. The Hall–Kier alpha value is -0.380. The normalized spacial score (nSPS) is 15.9. The SMILES string of the molecule is COC(C)(CN)Cc1ccsc1. The van der Waals surface area contributed by atoms with Gasteiger partial charge in [0.2, 0.25) is 0 Å². The fourth-order valence-electron chi connectivity index (χ4n) is 1.05. The predicted octanol–water partition coefficient (Wildman–Crippen LogP) is 1.65. The standard InChI is InChI=1S/C9H15NOS/c1-9(7-10,11-2)5-8-3-4-12-6-8/h3-4,6H,5,7,10H2,1-2H3. The van der Waals surface area contributed by atoms with Crippen molar-refractivity contribution in [3.05, 3.63) is 22.4 Å². The molecule has 0 radical (unpaired) electrons. The van der Waals surface area contributed by atoms with Crippen molar-refractivity contribution < 1.29 is 4.74 Å². The molecule has 0 saturated heterocycles. The van der Waals surface area contributed by atoms with Gasteiger partial charge in [0.15, 0.2) is 0 Å². The summed E-state index contributed by atoms with van der Waals surface area (Å²) in [5.41, 5.74) is 6.71. The highest BCUT2D eigenvalue weighted by Gasteiger charge is 2.21. The lowest BCUT2D eigenvalue weighted by molar-refractivity contribution is 0.0144. The molecular formula is C9H15NOS. The molecular weight excluding hydrogens is 170 g/mol. The second-order valence-corrected chi connectivity index (χ2v) is 3.95. The van der Waals surface area contributed by atoms with E-state index in [1.807, 2.05) is 6.92 Å². The Kier molecular flexibility index (Phi) is 3.26. The zero-order valence-corrected chi connectivity index (χ0v) is 8.36. The highest BCUT2D eigenvalue weighted by Crippen LogP contribution is 2.17. The van der Waals surface area contributed by atoms with Gasteiger partial charge in [-0.15, -0.1) is 0 Å². The van der Waals surface area contributed by atoms with E-state index >= 15 is 0 Å². The summed E-state index contributed by atoms with van der Waals surface area (Å²) in [6.07, 6.45) is 0.892. The number of hydrogen-bond donors (Lipinski definition) is 1. The van der Waals surface area contributed by atoms with Crippen molar-refractivity contribution in [2.75, 3.05) is 13.7 Å². The monoisotopic (exact) mass is 185 g/mol. The van der Waals surface area contributed by atoms with Crippen molar-refractivity contribution >= 4 is 11.3 Å². The van der Waals surface area contributed by atoms with Crippen LogP contribution in [0, 0.1) is 0 Å². The van der Waals surface area contributed by atoms with Crippen LogP contribution >= 0.6 is 11.3 Å². The molecule has 1 aromatic rings. The van der Waals surface area contributed by atoms with Crippen LogP contribution in [-0.2, 0) is 11.2 Å². The van der Waals surface area contributed by atoms with Crippen molar-refractivity contribution in [3.63, 3.8) is 0 Å². The maximum Gasteiger partial charge on any atom is 0.0812 e. The highest BCUT2D eigenvalue weighted by atomic mass is 32.1. The first-order valence-electron chi connectivity index (χ1n) is 3.96. The summed E-state index contributed by atoms with van der Waals surface area (Å²) >= 11 is 1.70. The third-order valence-electron chi connectivity index (χ3n) is 2.08. The lowest BCUT2D eigenvalue weighted by Gasteiger charge is -2.25. The van der Waals surface area contributed by atoms with Crippen LogP contribution in [-0.4, -0.2) is 19.3 Å². The molecule has 0 aliphatic rings. The summed E-state index contributed by atoms with van der Waals surface area (Å²) in [5, 5.41) is 4.20. The minimum atomic E-state index is -0.207. The van der Waals surface area contributed by atoms with Crippen LogP contribution in [0.4, 0.5) is 0 Å². The lowest BCUT2D eigenvalue weighted by Crippen LogP contribution is -2.38. The fraction of sp³-hybridized carbons (Fsp3) is 0.556. The molecule has 0 bridgehead atoms. The van der Waals surface area contributed by atoms with Crippen LogP contribution in [0.1, 0.15) is 12.5 Å². The van der Waals surface area contributed by atoms with Crippen molar-refractivity contribution in [1.29, 1.82) is 0 Å². The Morgan fingerprint density at radius 2 is 2.42 bits per heavy atom. The van der Waals surface area contributed by atoms with Gasteiger partial charge in [0, 0.05) is 20.1 Å². The number of rotatable bonds is 4. The Morgan fingerprint density at radius 1 is 1.67 bits per heavy atom. The number of thiophene rings is 1. The Balaban J connectivity index is 2.60. The van der Waals surface area contributed by atoms with E-state index in [1.54, 1.807) is 18.4 Å². The second-order valence-electron chi connectivity index (χ2n) is 3.17. The molecule has 2 N–H and O–H groups in total. The highest BCUT2D eigenvalue weighted by molar-refractivity contribution is 7.07. The average Bonchev–Trinajstić information content (AvgIpc) is 2.57. The van der Waals surface area contributed by atoms with Gasteiger partial charge < -0.3 is 10.5 Å². The molecule has 0 aliphatic carbocycles. The van der Waals surface area contributed by atoms with Crippen LogP contribution in [0.25, 0.3) is 0 Å². The molecule has 1 unspecified atom stereocenters. The van der Waals surface area contributed by atoms with Gasteiger partial charge in [-0.2, -0.15) is 11.3 Å². The minimum Gasteiger partial charge on any atom is -0.377 e. The Morgan fingerprint density at radius 3 is 2.83 bits per heavy atom.